The second-order valence-electron chi connectivity index (χ2n) is 6.71. The molecule has 0 atom stereocenters. The highest BCUT2D eigenvalue weighted by Crippen LogP contribution is 2.35. The predicted molar refractivity (Wildman–Crippen MR) is 108 cm³/mol. The molecule has 29 heavy (non-hydrogen) atoms. The number of nitrogens with zero attached hydrogens (tertiary/aromatic N) is 2. The molecule has 9 heteroatoms. The molecule has 0 unspecified atom stereocenters. The van der Waals surface area contributed by atoms with Gasteiger partial charge in [-0.15, -0.1) is 0 Å². The predicted octanol–water partition coefficient (Wildman–Crippen LogP) is 3.02. The van der Waals surface area contributed by atoms with Gasteiger partial charge in [-0.1, -0.05) is 12.1 Å². The van der Waals surface area contributed by atoms with Crippen molar-refractivity contribution in [2.24, 2.45) is 0 Å². The van der Waals surface area contributed by atoms with Crippen molar-refractivity contribution in [1.82, 2.24) is 14.7 Å². The van der Waals surface area contributed by atoms with Gasteiger partial charge in [-0.2, -0.15) is 0 Å². The van der Waals surface area contributed by atoms with E-state index in [2.05, 4.69) is 14.7 Å². The highest BCUT2D eigenvalue weighted by molar-refractivity contribution is 7.90. The molecule has 1 aromatic heterocycles. The van der Waals surface area contributed by atoms with E-state index in [1.165, 1.54) is 6.33 Å². The Kier molecular flexibility index (Phi) is 5.25. The first-order chi connectivity index (χ1) is 14.0. The lowest BCUT2D eigenvalue weighted by molar-refractivity contribution is 0.355. The number of methoxy groups -OCH3 is 2. The Hall–Kier alpha value is -2.91. The van der Waals surface area contributed by atoms with Crippen molar-refractivity contribution in [1.29, 1.82) is 0 Å². The molecular formula is C20H21N3O5S. The molecule has 4 rings (SSSR count). The Balaban J connectivity index is 1.52. The zero-order valence-electron chi connectivity index (χ0n) is 16.1. The van der Waals surface area contributed by atoms with Crippen LogP contribution >= 0.6 is 0 Å². The molecule has 0 bridgehead atoms. The van der Waals surface area contributed by atoms with Crippen molar-refractivity contribution in [3.05, 3.63) is 48.3 Å². The van der Waals surface area contributed by atoms with Gasteiger partial charge in [0.1, 0.15) is 12.1 Å². The minimum atomic E-state index is -3.20. The molecule has 1 heterocycles. The lowest BCUT2D eigenvalue weighted by Crippen LogP contribution is -2.26. The van der Waals surface area contributed by atoms with Crippen LogP contribution in [0.4, 0.5) is 0 Å². The Labute approximate surface area is 168 Å². The molecule has 2 aromatic carbocycles. The minimum Gasteiger partial charge on any atom is -0.493 e. The first-order valence-corrected chi connectivity index (χ1v) is 10.7. The maximum absolute atomic E-state index is 11.9. The summed E-state index contributed by atoms with van der Waals surface area (Å²) in [6.45, 7) is 0.256. The van der Waals surface area contributed by atoms with Crippen molar-refractivity contribution in [2.45, 2.75) is 24.6 Å². The van der Waals surface area contributed by atoms with Gasteiger partial charge in [0.25, 0.3) is 0 Å². The highest BCUT2D eigenvalue weighted by Gasteiger charge is 2.35. The third-order valence-corrected chi connectivity index (χ3v) is 6.58. The summed E-state index contributed by atoms with van der Waals surface area (Å²) in [5.74, 6) is 2.09. The molecule has 0 amide bonds. The first-order valence-electron chi connectivity index (χ1n) is 9.12. The van der Waals surface area contributed by atoms with Gasteiger partial charge in [-0.3, -0.25) is 0 Å². The molecule has 1 aliphatic carbocycles. The lowest BCUT2D eigenvalue weighted by Gasteiger charge is -2.12. The van der Waals surface area contributed by atoms with Crippen LogP contribution in [0.5, 0.6) is 23.1 Å². The zero-order valence-corrected chi connectivity index (χ0v) is 16.9. The molecule has 8 nitrogen and oxygen atoms in total. The van der Waals surface area contributed by atoms with E-state index in [1.807, 2.05) is 12.1 Å². The van der Waals surface area contributed by atoms with Crippen molar-refractivity contribution in [3.63, 3.8) is 0 Å². The van der Waals surface area contributed by atoms with E-state index in [1.54, 1.807) is 38.5 Å². The van der Waals surface area contributed by atoms with Gasteiger partial charge in [-0.25, -0.2) is 23.1 Å². The quantitative estimate of drug-likeness (QED) is 0.604. The van der Waals surface area contributed by atoms with Crippen molar-refractivity contribution < 1.29 is 22.6 Å². The summed E-state index contributed by atoms with van der Waals surface area (Å²) in [7, 11) is -0.0772. The number of sulfonamides is 1. The van der Waals surface area contributed by atoms with Crippen molar-refractivity contribution in [3.8, 4) is 23.1 Å². The molecular weight excluding hydrogens is 394 g/mol. The van der Waals surface area contributed by atoms with E-state index in [0.29, 0.717) is 34.0 Å². The van der Waals surface area contributed by atoms with Gasteiger partial charge in [0.15, 0.2) is 11.5 Å². The van der Waals surface area contributed by atoms with Crippen LogP contribution in [0.25, 0.3) is 10.9 Å². The number of nitrogens with one attached hydrogen (secondary N) is 1. The second-order valence-corrected chi connectivity index (χ2v) is 8.76. The average molecular weight is 415 g/mol. The highest BCUT2D eigenvalue weighted by atomic mass is 32.2. The van der Waals surface area contributed by atoms with Crippen LogP contribution in [-0.4, -0.2) is 37.9 Å². The Morgan fingerprint density at radius 1 is 1.03 bits per heavy atom. The Bertz CT molecular complexity index is 1130. The smallest absolute Gasteiger partial charge is 0.230 e. The van der Waals surface area contributed by atoms with Gasteiger partial charge in [0, 0.05) is 12.6 Å². The molecule has 1 N–H and O–H groups in total. The third kappa shape index (κ3) is 4.25. The fourth-order valence-electron chi connectivity index (χ4n) is 2.91. The molecule has 0 spiro atoms. The zero-order chi connectivity index (χ0) is 20.4. The van der Waals surface area contributed by atoms with Gasteiger partial charge in [0.2, 0.25) is 15.9 Å². The minimum absolute atomic E-state index is 0.230. The van der Waals surface area contributed by atoms with Crippen LogP contribution in [-0.2, 0) is 16.6 Å². The second kappa shape index (κ2) is 7.84. The standard InChI is InChI=1S/C20H21N3O5S/c1-26-18-9-16-17(10-19(18)27-2)21-12-22-20(16)28-14-5-3-13(4-6-14)11-23-29(24,25)15-7-8-15/h3-6,9-10,12,15,23H,7-8,11H2,1-2H3. The molecule has 3 aromatic rings. The molecule has 0 saturated heterocycles. The van der Waals surface area contributed by atoms with Crippen LogP contribution in [0.1, 0.15) is 18.4 Å². The van der Waals surface area contributed by atoms with Crippen molar-refractivity contribution >= 4 is 20.9 Å². The summed E-state index contributed by atoms with van der Waals surface area (Å²) in [6.07, 6.45) is 2.90. The molecule has 0 aliphatic heterocycles. The third-order valence-electron chi connectivity index (χ3n) is 4.68. The van der Waals surface area contributed by atoms with Gasteiger partial charge < -0.3 is 14.2 Å². The van der Waals surface area contributed by atoms with Gasteiger partial charge >= 0.3 is 0 Å². The number of fused-ring (bicyclic) bond motifs is 1. The SMILES string of the molecule is COc1cc2ncnc(Oc3ccc(CNS(=O)(=O)C4CC4)cc3)c2cc1OC. The molecule has 152 valence electrons. The number of hydrogen-bond donors (Lipinski definition) is 1. The first kappa shape index (κ1) is 19.4. The summed E-state index contributed by atoms with van der Waals surface area (Å²) >= 11 is 0. The normalized spacial score (nSPS) is 14.0. The number of ether oxygens (including phenoxy) is 3. The van der Waals surface area contributed by atoms with Crippen molar-refractivity contribution in [2.75, 3.05) is 14.2 Å². The van der Waals surface area contributed by atoms with E-state index < -0.39 is 10.0 Å². The number of rotatable bonds is 8. The number of hydrogen-bond acceptors (Lipinski definition) is 7. The molecule has 1 fully saturated rings. The molecule has 1 aliphatic rings. The summed E-state index contributed by atoms with van der Waals surface area (Å²) in [4.78, 5) is 8.49. The van der Waals surface area contributed by atoms with E-state index >= 15 is 0 Å². The summed E-state index contributed by atoms with van der Waals surface area (Å²) in [5, 5.41) is 0.457. The average Bonchev–Trinajstić information content (AvgIpc) is 3.59. The van der Waals surface area contributed by atoms with E-state index in [-0.39, 0.29) is 11.8 Å². The Morgan fingerprint density at radius 3 is 2.38 bits per heavy atom. The molecule has 0 radical (unpaired) electrons. The lowest BCUT2D eigenvalue weighted by atomic mass is 10.2. The summed E-state index contributed by atoms with van der Waals surface area (Å²) in [5.41, 5.74) is 1.51. The van der Waals surface area contributed by atoms with E-state index in [4.69, 9.17) is 14.2 Å². The molecule has 1 saturated carbocycles. The van der Waals surface area contributed by atoms with Crippen LogP contribution in [0, 0.1) is 0 Å². The maximum atomic E-state index is 11.9. The monoisotopic (exact) mass is 415 g/mol. The van der Waals surface area contributed by atoms with Crippen LogP contribution in [0.2, 0.25) is 0 Å². The summed E-state index contributed by atoms with van der Waals surface area (Å²) < 4.78 is 43.1. The van der Waals surface area contributed by atoms with Gasteiger partial charge in [0.05, 0.1) is 30.4 Å². The van der Waals surface area contributed by atoms with Crippen LogP contribution < -0.4 is 18.9 Å². The largest absolute Gasteiger partial charge is 0.493 e. The van der Waals surface area contributed by atoms with E-state index in [9.17, 15) is 8.42 Å². The van der Waals surface area contributed by atoms with Crippen LogP contribution in [0.15, 0.2) is 42.7 Å². The van der Waals surface area contributed by atoms with Crippen LogP contribution in [0.3, 0.4) is 0 Å². The Morgan fingerprint density at radius 2 is 1.72 bits per heavy atom. The fourth-order valence-corrected chi connectivity index (χ4v) is 4.27. The number of aromatic nitrogens is 2. The van der Waals surface area contributed by atoms with Gasteiger partial charge in [-0.05, 0) is 36.6 Å². The summed E-state index contributed by atoms with van der Waals surface area (Å²) in [6, 6.07) is 10.7. The maximum Gasteiger partial charge on any atom is 0.230 e. The topological polar surface area (TPSA) is 99.6 Å². The van der Waals surface area contributed by atoms with E-state index in [0.717, 1.165) is 18.4 Å². The number of benzene rings is 2. The fraction of sp³-hybridized carbons (Fsp3) is 0.300.